The van der Waals surface area contributed by atoms with Crippen molar-refractivity contribution in [3.05, 3.63) is 64.8 Å². The van der Waals surface area contributed by atoms with Crippen LogP contribution in [0, 0.1) is 5.92 Å². The van der Waals surface area contributed by atoms with Crippen LogP contribution in [0.15, 0.2) is 59.2 Å². The molecule has 1 aromatic heterocycles. The third-order valence-electron chi connectivity index (χ3n) is 5.94. The van der Waals surface area contributed by atoms with Crippen molar-refractivity contribution in [2.24, 2.45) is 11.1 Å². The number of nitrogens with zero attached hydrogens (tertiary/aromatic N) is 2. The van der Waals surface area contributed by atoms with E-state index in [0.29, 0.717) is 6.04 Å². The van der Waals surface area contributed by atoms with Crippen molar-refractivity contribution < 1.29 is 8.42 Å². The van der Waals surface area contributed by atoms with E-state index in [0.717, 1.165) is 23.7 Å². The lowest BCUT2D eigenvalue weighted by Gasteiger charge is -2.28. The summed E-state index contributed by atoms with van der Waals surface area (Å²) >= 11 is 1.25. The Hall–Kier alpha value is -1.74. The van der Waals surface area contributed by atoms with Gasteiger partial charge in [0.15, 0.2) is 5.50 Å². The Labute approximate surface area is 183 Å². The lowest BCUT2D eigenvalue weighted by molar-refractivity contribution is 0.404. The van der Waals surface area contributed by atoms with Crippen LogP contribution in [0.1, 0.15) is 50.1 Å². The average molecular weight is 447 g/mol. The maximum absolute atomic E-state index is 12.0. The van der Waals surface area contributed by atoms with E-state index in [1.54, 1.807) is 6.20 Å². The lowest BCUT2D eigenvalue weighted by Crippen LogP contribution is -2.29. The van der Waals surface area contributed by atoms with Crippen molar-refractivity contribution in [2.75, 3.05) is 4.90 Å². The van der Waals surface area contributed by atoms with E-state index in [9.17, 15) is 8.42 Å². The van der Waals surface area contributed by atoms with E-state index in [4.69, 9.17) is 5.14 Å². The van der Waals surface area contributed by atoms with Gasteiger partial charge in [0.2, 0.25) is 10.0 Å². The number of primary sulfonamides is 1. The first-order chi connectivity index (χ1) is 14.4. The number of aromatic nitrogens is 1. The summed E-state index contributed by atoms with van der Waals surface area (Å²) in [7, 11) is -3.77. The topological polar surface area (TPSA) is 80.4 Å². The number of thioether (sulfide) groups is 1. The summed E-state index contributed by atoms with van der Waals surface area (Å²) in [5, 5.41) is 9.12. The highest BCUT2D eigenvalue weighted by molar-refractivity contribution is 8.18. The fourth-order valence-electron chi connectivity index (χ4n) is 4.42. The molecular weight excluding hydrogens is 416 g/mol. The maximum atomic E-state index is 12.0. The monoisotopic (exact) mass is 446 g/mol. The van der Waals surface area contributed by atoms with Crippen LogP contribution in [0.4, 0.5) is 5.69 Å². The van der Waals surface area contributed by atoms with E-state index < -0.39 is 10.0 Å². The number of nitrogens with two attached hydrogens (primary N) is 1. The van der Waals surface area contributed by atoms with Crippen molar-refractivity contribution in [3.63, 3.8) is 0 Å². The Balaban J connectivity index is 1.55. The van der Waals surface area contributed by atoms with E-state index in [1.165, 1.54) is 43.9 Å². The lowest BCUT2D eigenvalue weighted by atomic mass is 9.99. The molecule has 1 aliphatic carbocycles. The van der Waals surface area contributed by atoms with E-state index in [1.807, 2.05) is 52.2 Å². The summed E-state index contributed by atoms with van der Waals surface area (Å²) in [4.78, 5) is 2.00. The normalized spacial score (nSPS) is 21.2. The molecule has 30 heavy (non-hydrogen) atoms. The number of hydrogen-bond acceptors (Lipinski definition) is 5. The summed E-state index contributed by atoms with van der Waals surface area (Å²) in [5.74, 6) is 0.844. The molecule has 2 heterocycles. The Morgan fingerprint density at radius 1 is 1.17 bits per heavy atom. The van der Waals surface area contributed by atoms with Gasteiger partial charge in [0.05, 0.1) is 0 Å². The number of hydrogen-bond donors (Lipinski definition) is 2. The van der Waals surface area contributed by atoms with Gasteiger partial charge in [0.25, 0.3) is 0 Å². The molecule has 1 aliphatic heterocycles. The first-order valence-corrected chi connectivity index (χ1v) is 13.0. The molecule has 2 aliphatic rings. The molecule has 0 radical (unpaired) electrons. The first kappa shape index (κ1) is 21.5. The molecule has 162 valence electrons. The zero-order valence-corrected chi connectivity index (χ0v) is 18.9. The molecule has 1 aromatic carbocycles. The minimum atomic E-state index is -3.77. The summed E-state index contributed by atoms with van der Waals surface area (Å²) < 4.78 is 26.2. The first-order valence-electron chi connectivity index (χ1n) is 10.5. The Morgan fingerprint density at radius 3 is 2.57 bits per heavy atom. The van der Waals surface area contributed by atoms with Crippen LogP contribution in [-0.4, -0.2) is 19.0 Å². The van der Waals surface area contributed by atoms with Crippen LogP contribution in [0.5, 0.6) is 0 Å². The number of para-hydroxylation sites is 1. The molecule has 0 bridgehead atoms. The largest absolute Gasteiger partial charge is 0.324 e. The highest BCUT2D eigenvalue weighted by Crippen LogP contribution is 2.45. The van der Waals surface area contributed by atoms with E-state index in [2.05, 4.69) is 18.3 Å². The summed E-state index contributed by atoms with van der Waals surface area (Å²) in [6.45, 7) is 3.00. The molecule has 1 fully saturated rings. The molecule has 0 spiro atoms. The van der Waals surface area contributed by atoms with Gasteiger partial charge in [-0.15, -0.1) is 0 Å². The molecule has 0 saturated heterocycles. The SMILES string of the molecule is C[C@@H](CC1CCCC1)NCc1ccccc1N1C=C(S(N)(=O)=O)SC1n1cccc1. The quantitative estimate of drug-likeness (QED) is 0.630. The summed E-state index contributed by atoms with van der Waals surface area (Å²) in [5.41, 5.74) is 1.90. The molecule has 8 heteroatoms. The van der Waals surface area contributed by atoms with Gasteiger partial charge in [-0.1, -0.05) is 55.6 Å². The van der Waals surface area contributed by atoms with Gasteiger partial charge < -0.3 is 14.8 Å². The highest BCUT2D eigenvalue weighted by atomic mass is 32.3. The second-order valence-corrected chi connectivity index (χ2v) is 11.2. The van der Waals surface area contributed by atoms with Crippen molar-refractivity contribution in [2.45, 2.75) is 57.1 Å². The summed E-state index contributed by atoms with van der Waals surface area (Å²) in [6.07, 6.45) is 12.2. The third kappa shape index (κ3) is 4.94. The van der Waals surface area contributed by atoms with Gasteiger partial charge in [0, 0.05) is 36.9 Å². The standard InChI is InChI=1S/C22H30N4O2S2/c1-17(14-18-8-2-3-9-18)24-15-19-10-4-5-11-20(19)26-16-21(30(23,27)28)29-22(26)25-12-6-7-13-25/h4-7,10-13,16-18,22,24H,2-3,8-9,14-15H2,1H3,(H2,23,27,28)/t17-,22?/m0/s1. The fourth-order valence-corrected chi connectivity index (χ4v) is 6.41. The Kier molecular flexibility index (Phi) is 6.57. The molecule has 0 amide bonds. The van der Waals surface area contributed by atoms with Crippen LogP contribution >= 0.6 is 11.8 Å². The average Bonchev–Trinajstić information content (AvgIpc) is 3.46. The molecule has 4 rings (SSSR count). The predicted octanol–water partition coefficient (Wildman–Crippen LogP) is 4.34. The minimum absolute atomic E-state index is 0.179. The van der Waals surface area contributed by atoms with Crippen molar-refractivity contribution in [3.8, 4) is 0 Å². The second-order valence-electron chi connectivity index (χ2n) is 8.27. The van der Waals surface area contributed by atoms with E-state index in [-0.39, 0.29) is 9.73 Å². The number of rotatable bonds is 8. The molecule has 1 unspecified atom stereocenters. The van der Waals surface area contributed by atoms with Crippen molar-refractivity contribution >= 4 is 27.5 Å². The molecular formula is C22H30N4O2S2. The Bertz CT molecular complexity index is 982. The van der Waals surface area contributed by atoms with Crippen LogP contribution < -0.4 is 15.4 Å². The van der Waals surface area contributed by atoms with Crippen LogP contribution in [0.3, 0.4) is 0 Å². The number of sulfonamides is 1. The highest BCUT2D eigenvalue weighted by Gasteiger charge is 2.33. The molecule has 2 atom stereocenters. The molecule has 3 N–H and O–H groups in total. The zero-order chi connectivity index (χ0) is 21.1. The van der Waals surface area contributed by atoms with Gasteiger partial charge >= 0.3 is 0 Å². The van der Waals surface area contributed by atoms with Crippen LogP contribution in [0.25, 0.3) is 0 Å². The fraction of sp³-hybridized carbons (Fsp3) is 0.455. The van der Waals surface area contributed by atoms with Gasteiger partial charge in [-0.3, -0.25) is 0 Å². The summed E-state index contributed by atoms with van der Waals surface area (Å²) in [6, 6.07) is 12.5. The molecule has 6 nitrogen and oxygen atoms in total. The number of nitrogens with one attached hydrogen (secondary N) is 1. The molecule has 1 saturated carbocycles. The number of benzene rings is 1. The van der Waals surface area contributed by atoms with Crippen molar-refractivity contribution in [1.29, 1.82) is 0 Å². The predicted molar refractivity (Wildman–Crippen MR) is 124 cm³/mol. The van der Waals surface area contributed by atoms with Crippen LogP contribution in [-0.2, 0) is 16.6 Å². The van der Waals surface area contributed by atoms with Gasteiger partial charge in [-0.25, -0.2) is 13.6 Å². The van der Waals surface area contributed by atoms with Gasteiger partial charge in [-0.2, -0.15) is 0 Å². The molecule has 2 aromatic rings. The second kappa shape index (κ2) is 9.18. The van der Waals surface area contributed by atoms with Gasteiger partial charge in [0.1, 0.15) is 4.24 Å². The van der Waals surface area contributed by atoms with Crippen LogP contribution in [0.2, 0.25) is 0 Å². The zero-order valence-electron chi connectivity index (χ0n) is 17.3. The minimum Gasteiger partial charge on any atom is -0.324 e. The maximum Gasteiger partial charge on any atom is 0.245 e. The Morgan fingerprint density at radius 2 is 1.87 bits per heavy atom. The third-order valence-corrected chi connectivity index (χ3v) is 8.61. The van der Waals surface area contributed by atoms with Gasteiger partial charge in [-0.05, 0) is 43.0 Å². The van der Waals surface area contributed by atoms with E-state index >= 15 is 0 Å². The van der Waals surface area contributed by atoms with Crippen molar-refractivity contribution in [1.82, 2.24) is 9.88 Å². The number of anilines is 1. The smallest absolute Gasteiger partial charge is 0.245 e.